The Hall–Kier alpha value is -5.93. The minimum Gasteiger partial charge on any atom is -0.485 e. The number of rotatable bonds is 18. The van der Waals surface area contributed by atoms with Gasteiger partial charge in [0.05, 0.1) is 31.5 Å². The van der Waals surface area contributed by atoms with Crippen LogP contribution in [0.25, 0.3) is 0 Å². The molecule has 1 aliphatic rings. The van der Waals surface area contributed by atoms with Gasteiger partial charge in [0.2, 0.25) is 12.0 Å². The molecular weight excluding hydrogens is 729 g/mol. The molecule has 8 heteroatoms. The van der Waals surface area contributed by atoms with Crippen LogP contribution in [0.4, 0.5) is 0 Å². The number of hydrogen-bond acceptors (Lipinski definition) is 8. The summed E-state index contributed by atoms with van der Waals surface area (Å²) >= 11 is 0. The van der Waals surface area contributed by atoms with E-state index in [0.717, 1.165) is 27.8 Å². The number of carbonyl (C=O) groups excluding carboxylic acids is 1. The molecule has 5 atom stereocenters. The van der Waals surface area contributed by atoms with Crippen LogP contribution in [0.2, 0.25) is 0 Å². The highest BCUT2D eigenvalue weighted by atomic mass is 16.7. The Kier molecular flexibility index (Phi) is 14.2. The van der Waals surface area contributed by atoms with E-state index in [9.17, 15) is 4.79 Å². The fraction of sp³-hybridized carbons (Fsp3) is 0.260. The molecule has 1 saturated heterocycles. The van der Waals surface area contributed by atoms with Gasteiger partial charge in [0.1, 0.15) is 25.9 Å². The predicted molar refractivity (Wildman–Crippen MR) is 222 cm³/mol. The van der Waals surface area contributed by atoms with Gasteiger partial charge in [-0.15, -0.1) is 0 Å². The number of carbonyl (C=O) groups is 1. The third kappa shape index (κ3) is 11.1. The second kappa shape index (κ2) is 20.5. The lowest BCUT2D eigenvalue weighted by molar-refractivity contribution is -0.271. The molecule has 1 aliphatic heterocycles. The van der Waals surface area contributed by atoms with E-state index in [0.29, 0.717) is 37.1 Å². The zero-order valence-corrected chi connectivity index (χ0v) is 33.0. The second-order valence-electron chi connectivity index (χ2n) is 14.6. The topological polar surface area (TPSA) is 81.7 Å². The molecule has 0 saturated carbocycles. The fourth-order valence-electron chi connectivity index (χ4n) is 6.83. The Morgan fingerprint density at radius 2 is 0.931 bits per heavy atom. The lowest BCUT2D eigenvalue weighted by atomic mass is 9.83. The molecule has 6 aromatic carbocycles. The average Bonchev–Trinajstić information content (AvgIpc) is 3.27. The van der Waals surface area contributed by atoms with Crippen molar-refractivity contribution in [3.8, 4) is 17.2 Å². The molecule has 0 aliphatic carbocycles. The van der Waals surface area contributed by atoms with Crippen molar-refractivity contribution in [2.24, 2.45) is 11.8 Å². The van der Waals surface area contributed by atoms with Crippen LogP contribution in [-0.4, -0.2) is 31.1 Å². The third-order valence-corrected chi connectivity index (χ3v) is 10.4. The van der Waals surface area contributed by atoms with Crippen LogP contribution in [0.5, 0.6) is 17.2 Å². The van der Waals surface area contributed by atoms with Gasteiger partial charge in [-0.2, -0.15) is 0 Å². The van der Waals surface area contributed by atoms with Gasteiger partial charge in [0, 0.05) is 0 Å². The van der Waals surface area contributed by atoms with Crippen LogP contribution in [0.15, 0.2) is 164 Å². The van der Waals surface area contributed by atoms with Crippen LogP contribution in [0, 0.1) is 11.8 Å². The molecule has 7 rings (SSSR count). The highest BCUT2D eigenvalue weighted by molar-refractivity contribution is 5.91. The van der Waals surface area contributed by atoms with Crippen molar-refractivity contribution in [1.29, 1.82) is 0 Å². The zero-order valence-electron chi connectivity index (χ0n) is 33.0. The zero-order chi connectivity index (χ0) is 39.9. The first-order valence-electron chi connectivity index (χ1n) is 19.8. The van der Waals surface area contributed by atoms with Crippen LogP contribution in [0.1, 0.15) is 52.0 Å². The highest BCUT2D eigenvalue weighted by Crippen LogP contribution is 2.41. The normalized spacial score (nSPS) is 18.9. The molecule has 1 fully saturated rings. The van der Waals surface area contributed by atoms with Gasteiger partial charge >= 0.3 is 5.97 Å². The van der Waals surface area contributed by atoms with E-state index in [4.69, 9.17) is 33.2 Å². The Morgan fingerprint density at radius 3 is 1.40 bits per heavy atom. The Balaban J connectivity index is 1.18. The second-order valence-corrected chi connectivity index (χ2v) is 14.6. The summed E-state index contributed by atoms with van der Waals surface area (Å²) in [5.41, 5.74) is 5.16. The van der Waals surface area contributed by atoms with Crippen molar-refractivity contribution < 1.29 is 38.0 Å². The lowest BCUT2D eigenvalue weighted by Gasteiger charge is -2.43. The van der Waals surface area contributed by atoms with Gasteiger partial charge in [-0.1, -0.05) is 166 Å². The maximum Gasteiger partial charge on any atom is 0.340 e. The predicted octanol–water partition coefficient (Wildman–Crippen LogP) is 10.4. The molecule has 0 bridgehead atoms. The summed E-state index contributed by atoms with van der Waals surface area (Å²) < 4.78 is 44.9. The summed E-state index contributed by atoms with van der Waals surface area (Å²) in [4.78, 5) is 14.4. The van der Waals surface area contributed by atoms with E-state index in [2.05, 4.69) is 13.8 Å². The maximum absolute atomic E-state index is 14.4. The Morgan fingerprint density at radius 1 is 0.517 bits per heavy atom. The van der Waals surface area contributed by atoms with Crippen molar-refractivity contribution in [2.45, 2.75) is 65.4 Å². The number of esters is 1. The molecule has 0 N–H and O–H groups in total. The largest absolute Gasteiger partial charge is 0.485 e. The van der Waals surface area contributed by atoms with Crippen LogP contribution in [0.3, 0.4) is 0 Å². The SMILES string of the molecule is CC1C(COCc2ccccc2)OC(OC(=O)c2cc(OCc3ccccc3)c(OCc3ccccc3)c(OCc3ccccc3)c2)C(OCc2ccccc2)C1C. The molecule has 0 amide bonds. The Labute approximate surface area is 341 Å². The number of hydrogen-bond donors (Lipinski definition) is 0. The van der Waals surface area contributed by atoms with Gasteiger partial charge in [-0.25, -0.2) is 4.79 Å². The summed E-state index contributed by atoms with van der Waals surface area (Å²) in [7, 11) is 0. The van der Waals surface area contributed by atoms with Crippen LogP contribution < -0.4 is 14.2 Å². The molecule has 58 heavy (non-hydrogen) atoms. The molecule has 1 heterocycles. The first-order valence-corrected chi connectivity index (χ1v) is 19.8. The summed E-state index contributed by atoms with van der Waals surface area (Å²) in [5.74, 6) is 0.448. The molecule has 0 radical (unpaired) electrons. The van der Waals surface area contributed by atoms with E-state index >= 15 is 0 Å². The van der Waals surface area contributed by atoms with Crippen LogP contribution >= 0.6 is 0 Å². The van der Waals surface area contributed by atoms with E-state index in [1.54, 1.807) is 12.1 Å². The first kappa shape index (κ1) is 40.3. The van der Waals surface area contributed by atoms with Crippen molar-refractivity contribution in [3.63, 3.8) is 0 Å². The van der Waals surface area contributed by atoms with Gasteiger partial charge in [0.25, 0.3) is 0 Å². The molecule has 5 unspecified atom stereocenters. The lowest BCUT2D eigenvalue weighted by Crippen LogP contribution is -2.53. The minimum absolute atomic E-state index is 0.0381. The number of ether oxygens (including phenoxy) is 7. The van der Waals surface area contributed by atoms with Gasteiger partial charge in [-0.3, -0.25) is 0 Å². The van der Waals surface area contributed by atoms with E-state index in [1.807, 2.05) is 152 Å². The molecule has 298 valence electrons. The number of benzene rings is 6. The van der Waals surface area contributed by atoms with E-state index < -0.39 is 18.4 Å². The van der Waals surface area contributed by atoms with E-state index in [-0.39, 0.29) is 43.3 Å². The third-order valence-electron chi connectivity index (χ3n) is 10.4. The monoisotopic (exact) mass is 778 g/mol. The van der Waals surface area contributed by atoms with E-state index in [1.165, 1.54) is 0 Å². The van der Waals surface area contributed by atoms with Crippen LogP contribution in [-0.2, 0) is 52.0 Å². The summed E-state index contributed by atoms with van der Waals surface area (Å²) in [6, 6.07) is 52.7. The van der Waals surface area contributed by atoms with Crippen molar-refractivity contribution >= 4 is 5.97 Å². The molecule has 0 aromatic heterocycles. The summed E-state index contributed by atoms with van der Waals surface area (Å²) in [5, 5.41) is 0. The average molecular weight is 779 g/mol. The first-order chi connectivity index (χ1) is 28.5. The van der Waals surface area contributed by atoms with Gasteiger partial charge < -0.3 is 33.2 Å². The van der Waals surface area contributed by atoms with Crippen molar-refractivity contribution in [3.05, 3.63) is 197 Å². The van der Waals surface area contributed by atoms with Crippen molar-refractivity contribution in [1.82, 2.24) is 0 Å². The van der Waals surface area contributed by atoms with Gasteiger partial charge in [-0.05, 0) is 51.8 Å². The standard InChI is InChI=1S/C50H50O8/c1-36-37(2)47(55-33-41-24-14-6-15-25-41)50(57-46(36)35-52-30-38-18-8-3-9-19-38)58-49(51)43-28-44(53-31-39-20-10-4-11-21-39)48(56-34-42-26-16-7-17-27-42)45(29-43)54-32-40-22-12-5-13-23-40/h3-29,36-37,46-47,50H,30-35H2,1-2H3. The smallest absolute Gasteiger partial charge is 0.340 e. The highest BCUT2D eigenvalue weighted by Gasteiger charge is 2.44. The maximum atomic E-state index is 14.4. The summed E-state index contributed by atoms with van der Waals surface area (Å²) in [6.45, 7) is 6.06. The van der Waals surface area contributed by atoms with Crippen molar-refractivity contribution in [2.75, 3.05) is 6.61 Å². The molecule has 0 spiro atoms. The molecule has 6 aromatic rings. The fourth-order valence-corrected chi connectivity index (χ4v) is 6.83. The molecule has 8 nitrogen and oxygen atoms in total. The van der Waals surface area contributed by atoms with Gasteiger partial charge in [0.15, 0.2) is 11.5 Å². The summed E-state index contributed by atoms with van der Waals surface area (Å²) in [6.07, 6.45) is -1.93. The minimum atomic E-state index is -1.02. The quantitative estimate of drug-likeness (QED) is 0.0798. The Bertz CT molecular complexity index is 2060. The molecular formula is C50H50O8.